The Balaban J connectivity index is 1.66. The average molecular weight is 354 g/mol. The number of carbonyl (C=O) groups excluding carboxylic acids is 3. The topological polar surface area (TPSA) is 105 Å². The lowest BCUT2D eigenvalue weighted by Gasteiger charge is -2.07. The zero-order chi connectivity index (χ0) is 17.6. The predicted molar refractivity (Wildman–Crippen MR) is 88.9 cm³/mol. The van der Waals surface area contributed by atoms with Crippen LogP contribution < -0.4 is 10.2 Å². The fourth-order valence-corrected chi connectivity index (χ4v) is 3.03. The number of hydrogen-bond donors (Lipinski definition) is 1. The molecule has 8 nitrogen and oxygen atoms in total. The minimum Gasteiger partial charge on any atom is -0.360 e. The van der Waals surface area contributed by atoms with Crippen molar-refractivity contribution in [1.82, 2.24) is 10.1 Å². The molecule has 9 heteroatoms. The number of hydrogen-bond acceptors (Lipinski definition) is 7. The first-order chi connectivity index (χ1) is 12.0. The summed E-state index contributed by atoms with van der Waals surface area (Å²) >= 11 is 1.28. The lowest BCUT2D eigenvalue weighted by atomic mass is 10.1. The van der Waals surface area contributed by atoms with Gasteiger partial charge in [-0.05, 0) is 25.1 Å². The highest BCUT2D eigenvalue weighted by Gasteiger charge is 2.38. The fraction of sp³-hybridized carbons (Fsp3) is 0.0625. The van der Waals surface area contributed by atoms with E-state index in [0.717, 1.165) is 4.90 Å². The van der Waals surface area contributed by atoms with Gasteiger partial charge in [-0.15, -0.1) is 11.3 Å². The number of amides is 3. The Morgan fingerprint density at radius 1 is 1.20 bits per heavy atom. The van der Waals surface area contributed by atoms with Gasteiger partial charge in [-0.2, -0.15) is 0 Å². The number of imide groups is 1. The Morgan fingerprint density at radius 3 is 2.68 bits per heavy atom. The van der Waals surface area contributed by atoms with Gasteiger partial charge in [0.2, 0.25) is 0 Å². The molecule has 0 radical (unpaired) electrons. The van der Waals surface area contributed by atoms with Crippen LogP contribution in [0, 0.1) is 6.92 Å². The molecule has 0 atom stereocenters. The van der Waals surface area contributed by atoms with Gasteiger partial charge in [-0.3, -0.25) is 19.7 Å². The van der Waals surface area contributed by atoms with E-state index in [1.807, 2.05) is 0 Å². The summed E-state index contributed by atoms with van der Waals surface area (Å²) in [6, 6.07) is 5.84. The van der Waals surface area contributed by atoms with E-state index in [4.69, 9.17) is 4.52 Å². The Bertz CT molecular complexity index is 1010. The fourth-order valence-electron chi connectivity index (χ4n) is 2.50. The largest absolute Gasteiger partial charge is 0.360 e. The van der Waals surface area contributed by atoms with Crippen LogP contribution in [0.1, 0.15) is 36.8 Å². The molecule has 25 heavy (non-hydrogen) atoms. The van der Waals surface area contributed by atoms with E-state index in [0.29, 0.717) is 10.9 Å². The van der Waals surface area contributed by atoms with Crippen LogP contribution >= 0.6 is 11.3 Å². The standard InChI is InChI=1S/C16H10N4O4S/c1-8-6-12(19-24-8)20-14(22)10-3-2-9(7-11(10)15(20)23)13(21)18-16-17-4-5-25-16/h2-7H,1H3,(H,17,18,21). The molecule has 0 fully saturated rings. The van der Waals surface area contributed by atoms with Crippen LogP contribution in [0.15, 0.2) is 40.4 Å². The molecular weight excluding hydrogens is 344 g/mol. The number of benzene rings is 1. The van der Waals surface area contributed by atoms with Gasteiger partial charge < -0.3 is 4.52 Å². The molecule has 1 aliphatic heterocycles. The number of anilines is 2. The van der Waals surface area contributed by atoms with Gasteiger partial charge in [0, 0.05) is 23.2 Å². The molecule has 1 N–H and O–H groups in total. The van der Waals surface area contributed by atoms with Crippen LogP contribution in [-0.4, -0.2) is 27.9 Å². The normalized spacial score (nSPS) is 13.2. The van der Waals surface area contributed by atoms with Crippen molar-refractivity contribution >= 4 is 40.0 Å². The van der Waals surface area contributed by atoms with Gasteiger partial charge in [0.1, 0.15) is 5.76 Å². The second-order valence-electron chi connectivity index (χ2n) is 5.29. The second kappa shape index (κ2) is 5.64. The van der Waals surface area contributed by atoms with E-state index in [2.05, 4.69) is 15.5 Å². The highest BCUT2D eigenvalue weighted by Crippen LogP contribution is 2.29. The number of nitrogens with one attached hydrogen (secondary N) is 1. The number of aryl methyl sites for hydroxylation is 1. The number of rotatable bonds is 3. The molecule has 0 unspecified atom stereocenters. The van der Waals surface area contributed by atoms with Crippen LogP contribution in [0.5, 0.6) is 0 Å². The summed E-state index contributed by atoms with van der Waals surface area (Å²) in [5.41, 5.74) is 0.627. The van der Waals surface area contributed by atoms with Crippen molar-refractivity contribution in [2.45, 2.75) is 6.92 Å². The van der Waals surface area contributed by atoms with Gasteiger partial charge in [-0.1, -0.05) is 5.16 Å². The molecule has 3 heterocycles. The summed E-state index contributed by atoms with van der Waals surface area (Å²) < 4.78 is 4.93. The van der Waals surface area contributed by atoms with E-state index < -0.39 is 17.7 Å². The van der Waals surface area contributed by atoms with Crippen LogP contribution in [0.3, 0.4) is 0 Å². The Morgan fingerprint density at radius 2 is 2.00 bits per heavy atom. The lowest BCUT2D eigenvalue weighted by molar-refractivity contribution is 0.0923. The lowest BCUT2D eigenvalue weighted by Crippen LogP contribution is -2.29. The number of fused-ring (bicyclic) bond motifs is 1. The smallest absolute Gasteiger partial charge is 0.267 e. The molecule has 0 spiro atoms. The van der Waals surface area contributed by atoms with E-state index in [-0.39, 0.29) is 22.5 Å². The molecule has 0 saturated heterocycles. The zero-order valence-corrected chi connectivity index (χ0v) is 13.7. The first-order valence-electron chi connectivity index (χ1n) is 7.21. The molecule has 0 saturated carbocycles. The Labute approximate surface area is 145 Å². The van der Waals surface area contributed by atoms with Gasteiger partial charge >= 0.3 is 0 Å². The summed E-state index contributed by atoms with van der Waals surface area (Å²) in [4.78, 5) is 42.2. The minimum absolute atomic E-state index is 0.123. The van der Waals surface area contributed by atoms with E-state index in [1.165, 1.54) is 35.6 Å². The molecule has 2 aromatic heterocycles. The van der Waals surface area contributed by atoms with Gasteiger partial charge in [0.05, 0.1) is 11.1 Å². The maximum absolute atomic E-state index is 12.6. The van der Waals surface area contributed by atoms with Gasteiger partial charge in [-0.25, -0.2) is 9.88 Å². The van der Waals surface area contributed by atoms with E-state index >= 15 is 0 Å². The van der Waals surface area contributed by atoms with Crippen molar-refractivity contribution in [3.8, 4) is 0 Å². The summed E-state index contributed by atoms with van der Waals surface area (Å²) in [5, 5.41) is 8.53. The maximum atomic E-state index is 12.6. The minimum atomic E-state index is -0.544. The summed E-state index contributed by atoms with van der Waals surface area (Å²) in [6.45, 7) is 1.66. The van der Waals surface area contributed by atoms with Crippen molar-refractivity contribution in [3.63, 3.8) is 0 Å². The molecule has 3 amide bonds. The Kier molecular flexibility index (Phi) is 3.43. The highest BCUT2D eigenvalue weighted by atomic mass is 32.1. The molecule has 4 rings (SSSR count). The number of thiazole rings is 1. The van der Waals surface area contributed by atoms with Gasteiger partial charge in [0.15, 0.2) is 10.9 Å². The van der Waals surface area contributed by atoms with Crippen LogP contribution in [-0.2, 0) is 0 Å². The van der Waals surface area contributed by atoms with Crippen molar-refractivity contribution in [2.24, 2.45) is 0 Å². The van der Waals surface area contributed by atoms with Crippen LogP contribution in [0.25, 0.3) is 0 Å². The SMILES string of the molecule is Cc1cc(N2C(=O)c3ccc(C(=O)Nc4nccs4)cc3C2=O)no1. The summed E-state index contributed by atoms with van der Waals surface area (Å²) in [7, 11) is 0. The predicted octanol–water partition coefficient (Wildman–Crippen LogP) is 2.49. The number of aromatic nitrogens is 2. The van der Waals surface area contributed by atoms with E-state index in [9.17, 15) is 14.4 Å². The molecule has 1 aromatic carbocycles. The molecule has 0 aliphatic carbocycles. The molecule has 0 bridgehead atoms. The van der Waals surface area contributed by atoms with E-state index in [1.54, 1.807) is 18.5 Å². The van der Waals surface area contributed by atoms with Crippen molar-refractivity contribution in [3.05, 3.63) is 58.3 Å². The second-order valence-corrected chi connectivity index (χ2v) is 6.19. The molecular formula is C16H10N4O4S. The average Bonchev–Trinajstić information content (AvgIpc) is 3.30. The third-order valence-corrected chi connectivity index (χ3v) is 4.33. The third kappa shape index (κ3) is 2.50. The third-order valence-electron chi connectivity index (χ3n) is 3.65. The van der Waals surface area contributed by atoms with Gasteiger partial charge in [0.25, 0.3) is 17.7 Å². The maximum Gasteiger partial charge on any atom is 0.267 e. The summed E-state index contributed by atoms with van der Waals surface area (Å²) in [5.74, 6) is -0.848. The zero-order valence-electron chi connectivity index (χ0n) is 12.8. The molecule has 1 aliphatic rings. The highest BCUT2D eigenvalue weighted by molar-refractivity contribution is 7.13. The monoisotopic (exact) mass is 354 g/mol. The van der Waals surface area contributed by atoms with Crippen molar-refractivity contribution in [1.29, 1.82) is 0 Å². The molecule has 3 aromatic rings. The number of carbonyl (C=O) groups is 3. The number of nitrogens with zero attached hydrogens (tertiary/aromatic N) is 3. The first kappa shape index (κ1) is 15.2. The van der Waals surface area contributed by atoms with Crippen molar-refractivity contribution in [2.75, 3.05) is 10.2 Å². The Hall–Kier alpha value is -3.33. The quantitative estimate of drug-likeness (QED) is 0.725. The first-order valence-corrected chi connectivity index (χ1v) is 8.09. The molecule has 124 valence electrons. The van der Waals surface area contributed by atoms with Crippen molar-refractivity contribution < 1.29 is 18.9 Å². The van der Waals surface area contributed by atoms with Crippen LogP contribution in [0.4, 0.5) is 10.9 Å². The summed E-state index contributed by atoms with van der Waals surface area (Å²) in [6.07, 6.45) is 1.57. The van der Waals surface area contributed by atoms with Crippen LogP contribution in [0.2, 0.25) is 0 Å².